The summed E-state index contributed by atoms with van der Waals surface area (Å²) < 4.78 is 18.0. The zero-order valence-electron chi connectivity index (χ0n) is 9.03. The summed E-state index contributed by atoms with van der Waals surface area (Å²) in [7, 11) is 0. The molecule has 0 aromatic heterocycles. The van der Waals surface area contributed by atoms with E-state index in [0.717, 1.165) is 12.0 Å². The van der Waals surface area contributed by atoms with Gasteiger partial charge in [0.15, 0.2) is 0 Å². The minimum atomic E-state index is -0.424. The van der Waals surface area contributed by atoms with E-state index in [9.17, 15) is 9.50 Å². The fourth-order valence-corrected chi connectivity index (χ4v) is 1.83. The van der Waals surface area contributed by atoms with Crippen molar-refractivity contribution >= 4 is 0 Å². The zero-order valence-corrected chi connectivity index (χ0v) is 9.03. The quantitative estimate of drug-likeness (QED) is 0.793. The summed E-state index contributed by atoms with van der Waals surface area (Å²) in [5.41, 5.74) is 0.959. The highest BCUT2D eigenvalue weighted by atomic mass is 19.1. The lowest BCUT2D eigenvalue weighted by Gasteiger charge is -2.14. The van der Waals surface area contributed by atoms with Crippen LogP contribution in [0, 0.1) is 5.82 Å². The molecule has 0 spiro atoms. The van der Waals surface area contributed by atoms with Crippen LogP contribution in [0.15, 0.2) is 24.3 Å². The van der Waals surface area contributed by atoms with Crippen LogP contribution in [0.5, 0.6) is 0 Å². The molecular formula is C12H16FNO2. The highest BCUT2D eigenvalue weighted by molar-refractivity contribution is 5.16. The van der Waals surface area contributed by atoms with E-state index in [-0.39, 0.29) is 11.9 Å². The van der Waals surface area contributed by atoms with Gasteiger partial charge in [0, 0.05) is 0 Å². The van der Waals surface area contributed by atoms with Crippen molar-refractivity contribution in [2.24, 2.45) is 0 Å². The Labute approximate surface area is 94.2 Å². The zero-order chi connectivity index (χ0) is 11.4. The first kappa shape index (κ1) is 11.5. The SMILES string of the molecule is OC1COCC1NCCc1cccc(F)c1. The number of hydrogen-bond donors (Lipinski definition) is 2. The van der Waals surface area contributed by atoms with E-state index in [1.165, 1.54) is 12.1 Å². The van der Waals surface area contributed by atoms with Crippen LogP contribution in [-0.4, -0.2) is 37.0 Å². The third-order valence-corrected chi connectivity index (χ3v) is 2.76. The smallest absolute Gasteiger partial charge is 0.123 e. The van der Waals surface area contributed by atoms with Crippen LogP contribution in [0.25, 0.3) is 0 Å². The Morgan fingerprint density at radius 2 is 2.31 bits per heavy atom. The van der Waals surface area contributed by atoms with Gasteiger partial charge >= 0.3 is 0 Å². The van der Waals surface area contributed by atoms with Crippen molar-refractivity contribution in [2.45, 2.75) is 18.6 Å². The third kappa shape index (κ3) is 3.01. The lowest BCUT2D eigenvalue weighted by Crippen LogP contribution is -2.39. The summed E-state index contributed by atoms with van der Waals surface area (Å²) >= 11 is 0. The Kier molecular flexibility index (Phi) is 3.88. The molecule has 2 unspecified atom stereocenters. The Bertz CT molecular complexity index is 346. The van der Waals surface area contributed by atoms with Gasteiger partial charge in [0.05, 0.1) is 25.4 Å². The average Bonchev–Trinajstić information content (AvgIpc) is 2.65. The first-order chi connectivity index (χ1) is 7.75. The molecule has 1 aromatic carbocycles. The lowest BCUT2D eigenvalue weighted by molar-refractivity contribution is 0.122. The first-order valence-electron chi connectivity index (χ1n) is 5.49. The fourth-order valence-electron chi connectivity index (χ4n) is 1.83. The molecule has 1 fully saturated rings. The second-order valence-corrected chi connectivity index (χ2v) is 4.05. The van der Waals surface area contributed by atoms with Crippen LogP contribution in [0.1, 0.15) is 5.56 Å². The number of nitrogens with one attached hydrogen (secondary N) is 1. The van der Waals surface area contributed by atoms with Crippen LogP contribution in [-0.2, 0) is 11.2 Å². The maximum atomic E-state index is 12.9. The van der Waals surface area contributed by atoms with E-state index in [0.29, 0.717) is 19.8 Å². The summed E-state index contributed by atoms with van der Waals surface area (Å²) in [6.45, 7) is 1.66. The van der Waals surface area contributed by atoms with Crippen molar-refractivity contribution in [1.29, 1.82) is 0 Å². The van der Waals surface area contributed by atoms with Gasteiger partial charge in [-0.25, -0.2) is 4.39 Å². The largest absolute Gasteiger partial charge is 0.389 e. The van der Waals surface area contributed by atoms with Crippen molar-refractivity contribution in [3.8, 4) is 0 Å². The predicted molar refractivity (Wildman–Crippen MR) is 58.7 cm³/mol. The summed E-state index contributed by atoms with van der Waals surface area (Å²) in [5.74, 6) is -0.207. The molecule has 0 saturated carbocycles. The number of ether oxygens (including phenoxy) is 1. The van der Waals surface area contributed by atoms with E-state index in [1.54, 1.807) is 6.07 Å². The number of benzene rings is 1. The van der Waals surface area contributed by atoms with Gasteiger partial charge in [-0.15, -0.1) is 0 Å². The molecular weight excluding hydrogens is 209 g/mol. The van der Waals surface area contributed by atoms with Crippen LogP contribution < -0.4 is 5.32 Å². The van der Waals surface area contributed by atoms with Crippen molar-refractivity contribution in [3.63, 3.8) is 0 Å². The van der Waals surface area contributed by atoms with Gasteiger partial charge in [0.1, 0.15) is 5.82 Å². The fraction of sp³-hybridized carbons (Fsp3) is 0.500. The second kappa shape index (κ2) is 5.39. The van der Waals surface area contributed by atoms with E-state index in [1.807, 2.05) is 6.07 Å². The Morgan fingerprint density at radius 3 is 3.00 bits per heavy atom. The van der Waals surface area contributed by atoms with Gasteiger partial charge in [-0.05, 0) is 30.7 Å². The van der Waals surface area contributed by atoms with Crippen LogP contribution >= 0.6 is 0 Å². The van der Waals surface area contributed by atoms with Crippen molar-refractivity contribution in [3.05, 3.63) is 35.6 Å². The second-order valence-electron chi connectivity index (χ2n) is 4.05. The minimum Gasteiger partial charge on any atom is -0.389 e. The Morgan fingerprint density at radius 1 is 1.44 bits per heavy atom. The Hall–Kier alpha value is -0.970. The summed E-state index contributed by atoms with van der Waals surface area (Å²) in [6.07, 6.45) is 0.327. The molecule has 0 radical (unpaired) electrons. The van der Waals surface area contributed by atoms with E-state index >= 15 is 0 Å². The molecule has 0 aliphatic carbocycles. The van der Waals surface area contributed by atoms with Gasteiger partial charge < -0.3 is 15.2 Å². The van der Waals surface area contributed by atoms with Gasteiger partial charge in [-0.3, -0.25) is 0 Å². The first-order valence-corrected chi connectivity index (χ1v) is 5.49. The van der Waals surface area contributed by atoms with Crippen LogP contribution in [0.2, 0.25) is 0 Å². The third-order valence-electron chi connectivity index (χ3n) is 2.76. The monoisotopic (exact) mass is 225 g/mol. The molecule has 1 saturated heterocycles. The molecule has 0 amide bonds. The molecule has 1 aliphatic rings. The van der Waals surface area contributed by atoms with Gasteiger partial charge in [-0.2, -0.15) is 0 Å². The van der Waals surface area contributed by atoms with Crippen molar-refractivity contribution in [2.75, 3.05) is 19.8 Å². The number of aliphatic hydroxyl groups is 1. The topological polar surface area (TPSA) is 41.5 Å². The molecule has 2 N–H and O–H groups in total. The number of hydrogen-bond acceptors (Lipinski definition) is 3. The molecule has 88 valence electrons. The molecule has 1 heterocycles. The minimum absolute atomic E-state index is 0.00793. The molecule has 1 aromatic rings. The normalized spacial score (nSPS) is 24.9. The van der Waals surface area contributed by atoms with E-state index in [4.69, 9.17) is 4.74 Å². The lowest BCUT2D eigenvalue weighted by atomic mass is 10.1. The van der Waals surface area contributed by atoms with Gasteiger partial charge in [-0.1, -0.05) is 12.1 Å². The van der Waals surface area contributed by atoms with Gasteiger partial charge in [0.2, 0.25) is 0 Å². The molecule has 2 rings (SSSR count). The maximum Gasteiger partial charge on any atom is 0.123 e. The van der Waals surface area contributed by atoms with Crippen molar-refractivity contribution in [1.82, 2.24) is 5.32 Å². The number of aliphatic hydroxyl groups excluding tert-OH is 1. The summed E-state index contributed by atoms with van der Waals surface area (Å²) in [5, 5.41) is 12.7. The highest BCUT2D eigenvalue weighted by Crippen LogP contribution is 2.06. The average molecular weight is 225 g/mol. The van der Waals surface area contributed by atoms with Crippen LogP contribution in [0.3, 0.4) is 0 Å². The Balaban J connectivity index is 1.75. The number of halogens is 1. The van der Waals surface area contributed by atoms with E-state index in [2.05, 4.69) is 5.32 Å². The molecule has 1 aliphatic heterocycles. The number of rotatable bonds is 4. The standard InChI is InChI=1S/C12H16FNO2/c13-10-3-1-2-9(6-10)4-5-14-11-7-16-8-12(11)15/h1-3,6,11-12,14-15H,4-5,7-8H2. The predicted octanol–water partition coefficient (Wildman–Crippen LogP) is 0.717. The molecule has 3 nitrogen and oxygen atoms in total. The van der Waals surface area contributed by atoms with Crippen molar-refractivity contribution < 1.29 is 14.2 Å². The highest BCUT2D eigenvalue weighted by Gasteiger charge is 2.24. The molecule has 2 atom stereocenters. The van der Waals surface area contributed by atoms with Crippen LogP contribution in [0.4, 0.5) is 4.39 Å². The van der Waals surface area contributed by atoms with Gasteiger partial charge in [0.25, 0.3) is 0 Å². The molecule has 4 heteroatoms. The molecule has 16 heavy (non-hydrogen) atoms. The summed E-state index contributed by atoms with van der Waals surface area (Å²) in [6, 6.07) is 6.58. The summed E-state index contributed by atoms with van der Waals surface area (Å²) in [4.78, 5) is 0. The maximum absolute atomic E-state index is 12.9. The molecule has 0 bridgehead atoms. The van der Waals surface area contributed by atoms with E-state index < -0.39 is 6.10 Å².